The Bertz CT molecular complexity index is 1220. The van der Waals surface area contributed by atoms with Gasteiger partial charge in [-0.15, -0.1) is 0 Å². The zero-order chi connectivity index (χ0) is 39.9. The molecular formula is C37H66FNO13. The van der Waals surface area contributed by atoms with Gasteiger partial charge in [0.25, 0.3) is 0 Å². The molecule has 3 aliphatic rings. The zero-order valence-electron chi connectivity index (χ0n) is 33.2. The van der Waals surface area contributed by atoms with Gasteiger partial charge >= 0.3 is 5.97 Å². The van der Waals surface area contributed by atoms with Crippen LogP contribution < -0.4 is 0 Å². The monoisotopic (exact) mass is 751 g/mol. The summed E-state index contributed by atoms with van der Waals surface area (Å²) in [5.41, 5.74) is -8.26. The molecule has 0 amide bonds. The van der Waals surface area contributed by atoms with E-state index in [9.17, 15) is 35.1 Å². The highest BCUT2D eigenvalue weighted by Crippen LogP contribution is 2.42. The van der Waals surface area contributed by atoms with Gasteiger partial charge in [0.2, 0.25) is 0 Å². The second-order valence-electron chi connectivity index (χ2n) is 16.7. The van der Waals surface area contributed by atoms with Crippen LogP contribution in [0.4, 0.5) is 4.39 Å². The Morgan fingerprint density at radius 3 is 2.06 bits per heavy atom. The highest BCUT2D eigenvalue weighted by molar-refractivity contribution is 5.89. The molecule has 304 valence electrons. The summed E-state index contributed by atoms with van der Waals surface area (Å²) in [6.07, 6.45) is -11.9. The van der Waals surface area contributed by atoms with Gasteiger partial charge < -0.3 is 58.9 Å². The first-order valence-corrected chi connectivity index (χ1v) is 18.5. The van der Waals surface area contributed by atoms with Crippen LogP contribution in [-0.2, 0) is 38.0 Å². The number of ether oxygens (including phenoxy) is 6. The first-order chi connectivity index (χ1) is 23.7. The zero-order valence-corrected chi connectivity index (χ0v) is 33.2. The van der Waals surface area contributed by atoms with Gasteiger partial charge in [-0.2, -0.15) is 0 Å². The van der Waals surface area contributed by atoms with Gasteiger partial charge in [0.15, 0.2) is 24.0 Å². The molecule has 52 heavy (non-hydrogen) atoms. The van der Waals surface area contributed by atoms with Crippen molar-refractivity contribution in [3.05, 3.63) is 0 Å². The van der Waals surface area contributed by atoms with Crippen molar-refractivity contribution in [1.29, 1.82) is 0 Å². The van der Waals surface area contributed by atoms with E-state index in [-0.39, 0.29) is 18.9 Å². The number of nitrogens with zero attached hydrogens (tertiary/aromatic N) is 1. The Morgan fingerprint density at radius 1 is 0.923 bits per heavy atom. The molecule has 3 fully saturated rings. The molecule has 0 bridgehead atoms. The van der Waals surface area contributed by atoms with Crippen molar-refractivity contribution >= 4 is 11.8 Å². The molecule has 5 N–H and O–H groups in total. The molecule has 0 aromatic heterocycles. The van der Waals surface area contributed by atoms with E-state index in [1.807, 2.05) is 11.8 Å². The Morgan fingerprint density at radius 2 is 1.52 bits per heavy atom. The molecular weight excluding hydrogens is 685 g/mol. The quantitative estimate of drug-likeness (QED) is 0.237. The molecule has 18 atom stereocenters. The predicted octanol–water partition coefficient (Wildman–Crippen LogP) is 1.88. The molecule has 0 spiro atoms. The number of halogens is 1. The Hall–Kier alpha value is -1.37. The molecule has 0 aliphatic carbocycles. The van der Waals surface area contributed by atoms with Crippen molar-refractivity contribution in [3.8, 4) is 0 Å². The van der Waals surface area contributed by atoms with Gasteiger partial charge in [-0.25, -0.2) is 4.39 Å². The van der Waals surface area contributed by atoms with Gasteiger partial charge in [0, 0.05) is 37.8 Å². The minimum Gasteiger partial charge on any atom is -0.459 e. The fourth-order valence-electron chi connectivity index (χ4n) is 8.45. The third-order valence-corrected chi connectivity index (χ3v) is 11.8. The number of carbonyl (C=O) groups is 2. The molecule has 0 saturated carbocycles. The third-order valence-electron chi connectivity index (χ3n) is 11.8. The fourth-order valence-corrected chi connectivity index (χ4v) is 8.45. The second kappa shape index (κ2) is 16.8. The lowest BCUT2D eigenvalue weighted by Gasteiger charge is -2.49. The summed E-state index contributed by atoms with van der Waals surface area (Å²) in [5.74, 6) is -5.61. The van der Waals surface area contributed by atoms with E-state index in [0.29, 0.717) is 6.42 Å². The van der Waals surface area contributed by atoms with E-state index in [1.54, 1.807) is 41.8 Å². The van der Waals surface area contributed by atoms with Gasteiger partial charge in [0.05, 0.1) is 47.6 Å². The molecule has 0 radical (unpaired) electrons. The summed E-state index contributed by atoms with van der Waals surface area (Å²) in [6, 6.07) is -0.405. The van der Waals surface area contributed by atoms with Crippen LogP contribution in [0.2, 0.25) is 0 Å². The lowest BCUT2D eigenvalue weighted by molar-refractivity contribution is -0.318. The number of ketones is 1. The molecule has 14 nitrogen and oxygen atoms in total. The number of aliphatic hydroxyl groups is 5. The van der Waals surface area contributed by atoms with Gasteiger partial charge in [-0.1, -0.05) is 20.8 Å². The second-order valence-corrected chi connectivity index (χ2v) is 16.7. The largest absolute Gasteiger partial charge is 0.459 e. The summed E-state index contributed by atoms with van der Waals surface area (Å²) >= 11 is 0. The predicted molar refractivity (Wildman–Crippen MR) is 187 cm³/mol. The lowest BCUT2D eigenvalue weighted by atomic mass is 9.73. The summed E-state index contributed by atoms with van der Waals surface area (Å²) < 4.78 is 53.4. The van der Waals surface area contributed by atoms with Crippen LogP contribution in [0.1, 0.15) is 94.9 Å². The Balaban J connectivity index is 2.22. The number of likely N-dealkylation sites (N-methyl/N-ethyl adjacent to an activating group) is 1. The van der Waals surface area contributed by atoms with Crippen LogP contribution in [-0.4, -0.2) is 153 Å². The average Bonchev–Trinajstić information content (AvgIpc) is 3.05. The molecule has 0 aromatic rings. The van der Waals surface area contributed by atoms with Gasteiger partial charge in [-0.05, 0) is 75.4 Å². The maximum Gasteiger partial charge on any atom is 0.311 e. The van der Waals surface area contributed by atoms with E-state index in [2.05, 4.69) is 0 Å². The van der Waals surface area contributed by atoms with Crippen LogP contribution in [0.5, 0.6) is 0 Å². The molecule has 3 heterocycles. The molecule has 0 unspecified atom stereocenters. The molecule has 3 saturated heterocycles. The van der Waals surface area contributed by atoms with Crippen molar-refractivity contribution in [2.75, 3.05) is 21.2 Å². The maximum absolute atomic E-state index is 16.8. The summed E-state index contributed by atoms with van der Waals surface area (Å²) in [7, 11) is 5.04. The van der Waals surface area contributed by atoms with Crippen LogP contribution in [0, 0.1) is 17.8 Å². The van der Waals surface area contributed by atoms with Crippen LogP contribution >= 0.6 is 0 Å². The molecule has 15 heteroatoms. The number of hydrogen-bond donors (Lipinski definition) is 5. The number of alkyl halides is 1. The van der Waals surface area contributed by atoms with Crippen molar-refractivity contribution in [2.24, 2.45) is 17.8 Å². The minimum atomic E-state index is -2.77. The number of Topliss-reactive ketones (excluding diaryl/α,β-unsaturated/α-hetero) is 1. The summed E-state index contributed by atoms with van der Waals surface area (Å²) in [6.45, 7) is 14.7. The van der Waals surface area contributed by atoms with E-state index >= 15 is 4.39 Å². The number of hydrogen-bond acceptors (Lipinski definition) is 14. The lowest BCUT2D eigenvalue weighted by Crippen LogP contribution is -2.62. The fraction of sp³-hybridized carbons (Fsp3) is 0.946. The maximum atomic E-state index is 16.8. The van der Waals surface area contributed by atoms with Crippen molar-refractivity contribution < 1.29 is 67.9 Å². The Labute approximate surface area is 308 Å². The highest BCUT2D eigenvalue weighted by Gasteiger charge is 2.56. The number of methoxy groups -OCH3 is 1. The molecule has 0 aromatic carbocycles. The van der Waals surface area contributed by atoms with Gasteiger partial charge in [0.1, 0.15) is 23.9 Å². The number of aliphatic hydroxyl groups excluding tert-OH is 3. The summed E-state index contributed by atoms with van der Waals surface area (Å²) in [5, 5.41) is 57.4. The van der Waals surface area contributed by atoms with Crippen molar-refractivity contribution in [1.82, 2.24) is 4.90 Å². The van der Waals surface area contributed by atoms with E-state index in [1.165, 1.54) is 34.8 Å². The van der Waals surface area contributed by atoms with Gasteiger partial charge in [-0.3, -0.25) is 9.59 Å². The van der Waals surface area contributed by atoms with Crippen LogP contribution in [0.3, 0.4) is 0 Å². The van der Waals surface area contributed by atoms with E-state index in [4.69, 9.17) is 28.4 Å². The van der Waals surface area contributed by atoms with Crippen LogP contribution in [0.15, 0.2) is 0 Å². The van der Waals surface area contributed by atoms with Crippen LogP contribution in [0.25, 0.3) is 0 Å². The third kappa shape index (κ3) is 9.35. The average molecular weight is 752 g/mol. The smallest absolute Gasteiger partial charge is 0.311 e. The highest BCUT2D eigenvalue weighted by atomic mass is 19.1. The van der Waals surface area contributed by atoms with E-state index in [0.717, 1.165) is 6.92 Å². The number of cyclic esters (lactones) is 1. The molecule has 3 rings (SSSR count). The van der Waals surface area contributed by atoms with Crippen molar-refractivity contribution in [3.63, 3.8) is 0 Å². The van der Waals surface area contributed by atoms with E-state index < -0.39 is 120 Å². The SMILES string of the molecule is CC[C@H]1OC(=O)[C@H](C)[C@@H](O[C@@H]2C[C@@](C)(OC)[C@@H](O)[C@H](C)O2)[C@H](C)[C@@H](O[C@H]2O[C@H](C)C[C@@H](N(C)C)[C@H]2O)[C@](C)(O)C[C@](C)(F)C(=O)[C@H](C)[C@@H](O)[C@]1(C)O. The first-order valence-electron chi connectivity index (χ1n) is 18.5. The summed E-state index contributed by atoms with van der Waals surface area (Å²) in [4.78, 5) is 29.6. The normalized spacial score (nSPS) is 50.5. The molecule has 3 aliphatic heterocycles. The Kier molecular flexibility index (Phi) is 14.5. The van der Waals surface area contributed by atoms with Crippen molar-refractivity contribution in [2.45, 2.75) is 185 Å². The number of carbonyl (C=O) groups excluding carboxylic acids is 2. The topological polar surface area (TPSA) is 194 Å². The standard InChI is InChI=1S/C37H66FNO13/c1-14-24-37(10,46)29(42)21(5)28(41)34(7,38)17-35(8,45)31(52-33-26(40)23(39(11)12)15-18(2)48-33)19(3)27(20(4)32(44)50-24)51-25-16-36(9,47-13)30(43)22(6)49-25/h18-27,29-31,33,40,42-43,45-46H,14-17H2,1-13H3/t18-,19+,20-,21+,22+,23-,24-,25-,26-,27+,29-,30+,31-,33-,34+,35-,36-,37-/m1/s1. The first kappa shape index (κ1) is 45.0. The number of esters is 1. The minimum absolute atomic E-state index is 0.0296. The number of rotatable bonds is 7.